The van der Waals surface area contributed by atoms with Gasteiger partial charge in [-0.3, -0.25) is 4.79 Å². The molecule has 2 heterocycles. The van der Waals surface area contributed by atoms with Crippen molar-refractivity contribution in [3.63, 3.8) is 0 Å². The molecule has 1 amide bonds. The van der Waals surface area contributed by atoms with Gasteiger partial charge >= 0.3 is 0 Å². The van der Waals surface area contributed by atoms with Gasteiger partial charge in [0.25, 0.3) is 5.91 Å². The van der Waals surface area contributed by atoms with Gasteiger partial charge < -0.3 is 20.1 Å². The highest BCUT2D eigenvalue weighted by molar-refractivity contribution is 6.33. The monoisotopic (exact) mass is 434 g/mol. The Morgan fingerprint density at radius 1 is 1.13 bits per heavy atom. The molecule has 0 spiro atoms. The van der Waals surface area contributed by atoms with Crippen molar-refractivity contribution in [3.8, 4) is 11.5 Å². The van der Waals surface area contributed by atoms with E-state index in [9.17, 15) is 9.90 Å². The number of aromatic hydroxyl groups is 1. The summed E-state index contributed by atoms with van der Waals surface area (Å²) in [4.78, 5) is 23.1. The minimum atomic E-state index is -0.543. The van der Waals surface area contributed by atoms with Crippen molar-refractivity contribution < 1.29 is 14.6 Å². The average Bonchev–Trinajstić information content (AvgIpc) is 2.78. The summed E-state index contributed by atoms with van der Waals surface area (Å²) < 4.78 is 5.02. The maximum Gasteiger partial charge on any atom is 0.278 e. The smallest absolute Gasteiger partial charge is 0.278 e. The molecular formula is C23H19ClN4O3. The van der Waals surface area contributed by atoms with Gasteiger partial charge in [0.2, 0.25) is 0 Å². The van der Waals surface area contributed by atoms with Crippen LogP contribution in [0.3, 0.4) is 0 Å². The fraction of sp³-hybridized carbons (Fsp3) is 0.0870. The van der Waals surface area contributed by atoms with Gasteiger partial charge in [0.15, 0.2) is 17.2 Å². The standard InChI is InChI=1S/C23H19ClN4O3/c1-28(18-6-4-3-5-16(18)24)20-10-7-14-13-15(8-9-17(14)27-20)26-23(30)21-22(29)19(31-2)11-12-25-21/h3-13,29H,1-2H3,(H,26,30). The highest BCUT2D eigenvalue weighted by atomic mass is 35.5. The topological polar surface area (TPSA) is 87.6 Å². The Bertz CT molecular complexity index is 1280. The first kappa shape index (κ1) is 20.4. The van der Waals surface area contributed by atoms with E-state index in [1.807, 2.05) is 54.4 Å². The number of anilines is 3. The van der Waals surface area contributed by atoms with Crippen LogP contribution in [0.15, 0.2) is 66.9 Å². The molecule has 2 aromatic carbocycles. The molecule has 8 heteroatoms. The van der Waals surface area contributed by atoms with Crippen LogP contribution in [-0.4, -0.2) is 35.1 Å². The summed E-state index contributed by atoms with van der Waals surface area (Å²) in [6, 6.07) is 18.2. The Labute approximate surface area is 183 Å². The second kappa shape index (κ2) is 8.49. The number of benzene rings is 2. The van der Waals surface area contributed by atoms with E-state index in [0.717, 1.165) is 22.4 Å². The number of hydrogen-bond donors (Lipinski definition) is 2. The number of carbonyl (C=O) groups is 1. The number of fused-ring (bicyclic) bond motifs is 1. The molecule has 2 aromatic heterocycles. The number of halogens is 1. The van der Waals surface area contributed by atoms with Crippen LogP contribution in [0.4, 0.5) is 17.2 Å². The molecule has 0 atom stereocenters. The quantitative estimate of drug-likeness (QED) is 0.458. The summed E-state index contributed by atoms with van der Waals surface area (Å²) in [7, 11) is 3.31. The molecule has 2 N–H and O–H groups in total. The molecule has 156 valence electrons. The van der Waals surface area contributed by atoms with E-state index in [4.69, 9.17) is 21.3 Å². The predicted molar refractivity (Wildman–Crippen MR) is 122 cm³/mol. The average molecular weight is 435 g/mol. The van der Waals surface area contributed by atoms with Crippen LogP contribution in [0.25, 0.3) is 10.9 Å². The molecular weight excluding hydrogens is 416 g/mol. The second-order valence-electron chi connectivity index (χ2n) is 6.75. The number of hydrogen-bond acceptors (Lipinski definition) is 6. The molecule has 0 aliphatic heterocycles. The molecule has 4 rings (SSSR count). The zero-order valence-corrected chi connectivity index (χ0v) is 17.6. The van der Waals surface area contributed by atoms with Crippen molar-refractivity contribution in [3.05, 3.63) is 77.6 Å². The van der Waals surface area contributed by atoms with E-state index in [2.05, 4.69) is 10.3 Å². The van der Waals surface area contributed by atoms with Gasteiger partial charge in [0, 0.05) is 30.4 Å². The molecule has 0 bridgehead atoms. The highest BCUT2D eigenvalue weighted by Gasteiger charge is 2.17. The number of nitrogens with one attached hydrogen (secondary N) is 1. The maximum absolute atomic E-state index is 12.5. The molecule has 0 aliphatic carbocycles. The van der Waals surface area contributed by atoms with Gasteiger partial charge in [-0.25, -0.2) is 9.97 Å². The molecule has 0 saturated carbocycles. The number of aromatic nitrogens is 2. The summed E-state index contributed by atoms with van der Waals surface area (Å²) in [5.41, 5.74) is 2.05. The fourth-order valence-corrected chi connectivity index (χ4v) is 3.45. The molecule has 0 saturated heterocycles. The first-order valence-electron chi connectivity index (χ1n) is 9.40. The van der Waals surface area contributed by atoms with E-state index in [1.54, 1.807) is 12.1 Å². The zero-order valence-electron chi connectivity index (χ0n) is 16.8. The summed E-state index contributed by atoms with van der Waals surface area (Å²) in [5.74, 6) is 0.0666. The lowest BCUT2D eigenvalue weighted by molar-refractivity contribution is 0.101. The minimum absolute atomic E-state index is 0.116. The number of methoxy groups -OCH3 is 1. The van der Waals surface area contributed by atoms with Crippen molar-refractivity contribution in [2.75, 3.05) is 24.4 Å². The van der Waals surface area contributed by atoms with Gasteiger partial charge in [-0.05, 0) is 42.5 Å². The SMILES string of the molecule is COc1ccnc(C(=O)Nc2ccc3nc(N(C)c4ccccc4Cl)ccc3c2)c1O. The van der Waals surface area contributed by atoms with Gasteiger partial charge in [0.1, 0.15) is 5.82 Å². The van der Waals surface area contributed by atoms with Gasteiger partial charge in [-0.1, -0.05) is 23.7 Å². The van der Waals surface area contributed by atoms with Gasteiger partial charge in [-0.15, -0.1) is 0 Å². The lowest BCUT2D eigenvalue weighted by Crippen LogP contribution is -2.14. The number of nitrogens with zero attached hydrogens (tertiary/aromatic N) is 3. The van der Waals surface area contributed by atoms with E-state index in [0.29, 0.717) is 10.7 Å². The normalized spacial score (nSPS) is 10.7. The molecule has 0 aliphatic rings. The minimum Gasteiger partial charge on any atom is -0.503 e. The number of pyridine rings is 2. The van der Waals surface area contributed by atoms with Gasteiger partial charge in [0.05, 0.1) is 23.3 Å². The summed E-state index contributed by atoms with van der Waals surface area (Å²) >= 11 is 6.30. The summed E-state index contributed by atoms with van der Waals surface area (Å²) in [6.07, 6.45) is 1.40. The first-order valence-corrected chi connectivity index (χ1v) is 9.78. The molecule has 0 unspecified atom stereocenters. The Kier molecular flexibility index (Phi) is 5.60. The van der Waals surface area contributed by atoms with E-state index >= 15 is 0 Å². The fourth-order valence-electron chi connectivity index (χ4n) is 3.18. The first-order chi connectivity index (χ1) is 15.0. The lowest BCUT2D eigenvalue weighted by Gasteiger charge is -2.20. The van der Waals surface area contributed by atoms with Crippen molar-refractivity contribution >= 4 is 45.6 Å². The summed E-state index contributed by atoms with van der Waals surface area (Å²) in [6.45, 7) is 0. The molecule has 0 radical (unpaired) electrons. The lowest BCUT2D eigenvalue weighted by atomic mass is 10.2. The number of para-hydroxylation sites is 1. The number of ether oxygens (including phenoxy) is 1. The molecule has 4 aromatic rings. The third kappa shape index (κ3) is 4.08. The summed E-state index contributed by atoms with van der Waals surface area (Å²) in [5, 5.41) is 14.4. The Morgan fingerprint density at radius 3 is 2.71 bits per heavy atom. The zero-order chi connectivity index (χ0) is 22.0. The highest BCUT2D eigenvalue weighted by Crippen LogP contribution is 2.31. The van der Waals surface area contributed by atoms with Crippen LogP contribution in [0, 0.1) is 0 Å². The Hall–Kier alpha value is -3.84. The van der Waals surface area contributed by atoms with Crippen molar-refractivity contribution in [1.82, 2.24) is 9.97 Å². The van der Waals surface area contributed by atoms with E-state index < -0.39 is 5.91 Å². The van der Waals surface area contributed by atoms with E-state index in [-0.39, 0.29) is 17.2 Å². The maximum atomic E-state index is 12.5. The number of rotatable bonds is 5. The number of carbonyl (C=O) groups excluding carboxylic acids is 1. The third-order valence-electron chi connectivity index (χ3n) is 4.81. The van der Waals surface area contributed by atoms with Crippen molar-refractivity contribution in [2.45, 2.75) is 0 Å². The van der Waals surface area contributed by atoms with Crippen LogP contribution in [0.1, 0.15) is 10.5 Å². The predicted octanol–water partition coefficient (Wildman–Crippen LogP) is 5.02. The van der Waals surface area contributed by atoms with Crippen molar-refractivity contribution in [1.29, 1.82) is 0 Å². The van der Waals surface area contributed by atoms with Crippen LogP contribution in [0.2, 0.25) is 5.02 Å². The van der Waals surface area contributed by atoms with Crippen molar-refractivity contribution in [2.24, 2.45) is 0 Å². The van der Waals surface area contributed by atoms with Crippen LogP contribution in [0.5, 0.6) is 11.5 Å². The number of amides is 1. The largest absolute Gasteiger partial charge is 0.503 e. The molecule has 7 nitrogen and oxygen atoms in total. The van der Waals surface area contributed by atoms with Gasteiger partial charge in [-0.2, -0.15) is 0 Å². The second-order valence-corrected chi connectivity index (χ2v) is 7.16. The third-order valence-corrected chi connectivity index (χ3v) is 5.13. The molecule has 31 heavy (non-hydrogen) atoms. The van der Waals surface area contributed by atoms with Crippen LogP contribution in [-0.2, 0) is 0 Å². The van der Waals surface area contributed by atoms with Crippen LogP contribution >= 0.6 is 11.6 Å². The Morgan fingerprint density at radius 2 is 1.94 bits per heavy atom. The Balaban J connectivity index is 1.59. The molecule has 0 fully saturated rings. The van der Waals surface area contributed by atoms with Crippen LogP contribution < -0.4 is 15.0 Å². The van der Waals surface area contributed by atoms with E-state index in [1.165, 1.54) is 19.4 Å².